The van der Waals surface area contributed by atoms with Gasteiger partial charge in [0.2, 0.25) is 5.91 Å². The monoisotopic (exact) mass is 204 g/mol. The van der Waals surface area contributed by atoms with Crippen molar-refractivity contribution in [2.45, 2.75) is 31.8 Å². The maximum atomic E-state index is 12.0. The quantitative estimate of drug-likeness (QED) is 0.631. The van der Waals surface area contributed by atoms with E-state index in [0.717, 1.165) is 0 Å². The Balaban J connectivity index is 2.67. The van der Waals surface area contributed by atoms with E-state index in [1.54, 1.807) is 0 Å². The summed E-state index contributed by atoms with van der Waals surface area (Å²) in [5.41, 5.74) is 1.32. The fraction of sp³-hybridized carbons (Fsp3) is 0.750. The standard InChI is InChI=1S/C8H13FN2O3/c1-5(10-9)7(12)11-4-2-3-6(11)8(13)14/h5-6,10H,2-4H2,1H3,(H,13,14)/t5-,6-/m0/s1. The molecule has 2 N–H and O–H groups in total. The van der Waals surface area contributed by atoms with Crippen LogP contribution in [-0.4, -0.2) is 40.5 Å². The maximum Gasteiger partial charge on any atom is 0.326 e. The fourth-order valence-corrected chi connectivity index (χ4v) is 1.58. The molecular formula is C8H13FN2O3. The highest BCUT2D eigenvalue weighted by molar-refractivity contribution is 5.87. The lowest BCUT2D eigenvalue weighted by Gasteiger charge is -2.23. The third-order valence-electron chi connectivity index (χ3n) is 2.36. The summed E-state index contributed by atoms with van der Waals surface area (Å²) < 4.78 is 12.0. The summed E-state index contributed by atoms with van der Waals surface area (Å²) in [6, 6.07) is -1.77. The number of halogens is 1. The molecule has 0 unspecified atom stereocenters. The van der Waals surface area contributed by atoms with E-state index in [9.17, 15) is 14.1 Å². The Hall–Kier alpha value is -1.17. The van der Waals surface area contributed by atoms with Crippen LogP contribution in [0.25, 0.3) is 0 Å². The highest BCUT2D eigenvalue weighted by Gasteiger charge is 2.35. The molecule has 1 aliphatic heterocycles. The van der Waals surface area contributed by atoms with Gasteiger partial charge in [-0.1, -0.05) is 0 Å². The minimum Gasteiger partial charge on any atom is -0.480 e. The summed E-state index contributed by atoms with van der Waals surface area (Å²) in [5.74, 6) is -1.53. The Labute approximate surface area is 80.8 Å². The van der Waals surface area contributed by atoms with Gasteiger partial charge in [-0.05, 0) is 19.8 Å². The normalized spacial score (nSPS) is 23.6. The topological polar surface area (TPSA) is 69.6 Å². The van der Waals surface area contributed by atoms with Crippen LogP contribution in [0.3, 0.4) is 0 Å². The number of carbonyl (C=O) groups excluding carboxylic acids is 1. The van der Waals surface area contributed by atoms with E-state index in [1.807, 2.05) is 0 Å². The lowest BCUT2D eigenvalue weighted by Crippen LogP contribution is -2.47. The lowest BCUT2D eigenvalue weighted by atomic mass is 10.2. The molecule has 0 saturated carbocycles. The maximum absolute atomic E-state index is 12.0. The zero-order chi connectivity index (χ0) is 10.7. The largest absolute Gasteiger partial charge is 0.480 e. The molecule has 1 saturated heterocycles. The first-order chi connectivity index (χ1) is 6.57. The number of likely N-dealkylation sites (tertiary alicyclic amines) is 1. The molecule has 80 valence electrons. The SMILES string of the molecule is C[C@H](NF)C(=O)N1CCC[C@H]1C(=O)O. The van der Waals surface area contributed by atoms with Crippen molar-refractivity contribution >= 4 is 11.9 Å². The van der Waals surface area contributed by atoms with Gasteiger partial charge in [0.05, 0.1) is 0 Å². The summed E-state index contributed by atoms with van der Waals surface area (Å²) in [6.45, 7) is 1.75. The van der Waals surface area contributed by atoms with Crippen molar-refractivity contribution in [3.8, 4) is 0 Å². The molecule has 0 aromatic rings. The number of hydrogen-bond donors (Lipinski definition) is 2. The number of carboxylic acids is 1. The van der Waals surface area contributed by atoms with Crippen molar-refractivity contribution in [3.05, 3.63) is 0 Å². The number of amides is 1. The molecule has 1 heterocycles. The minimum absolute atomic E-state index is 0.391. The predicted octanol–water partition coefficient (Wildman–Crippen LogP) is -0.0754. The Morgan fingerprint density at radius 2 is 2.29 bits per heavy atom. The molecule has 1 amide bonds. The highest BCUT2D eigenvalue weighted by Crippen LogP contribution is 2.18. The van der Waals surface area contributed by atoms with Gasteiger partial charge >= 0.3 is 5.97 Å². The third-order valence-corrected chi connectivity index (χ3v) is 2.36. The van der Waals surface area contributed by atoms with Crippen LogP contribution in [-0.2, 0) is 9.59 Å². The van der Waals surface area contributed by atoms with Crippen molar-refractivity contribution in [1.29, 1.82) is 0 Å². The first-order valence-corrected chi connectivity index (χ1v) is 4.47. The molecular weight excluding hydrogens is 191 g/mol. The average molecular weight is 204 g/mol. The van der Waals surface area contributed by atoms with E-state index in [4.69, 9.17) is 5.11 Å². The van der Waals surface area contributed by atoms with Crippen molar-refractivity contribution in [2.24, 2.45) is 0 Å². The third kappa shape index (κ3) is 2.01. The molecule has 1 aliphatic rings. The molecule has 0 aromatic carbocycles. The summed E-state index contributed by atoms with van der Waals surface area (Å²) in [4.78, 5) is 23.4. The number of nitrogens with zero attached hydrogens (tertiary/aromatic N) is 1. The summed E-state index contributed by atoms with van der Waals surface area (Å²) in [6.07, 6.45) is 1.10. The van der Waals surface area contributed by atoms with Gasteiger partial charge in [-0.25, -0.2) is 4.79 Å². The first kappa shape index (κ1) is 10.9. The van der Waals surface area contributed by atoms with Crippen LogP contribution in [0.4, 0.5) is 4.48 Å². The smallest absolute Gasteiger partial charge is 0.326 e. The highest BCUT2D eigenvalue weighted by atomic mass is 19.2. The second-order valence-corrected chi connectivity index (χ2v) is 3.36. The zero-order valence-corrected chi connectivity index (χ0v) is 7.86. The molecule has 1 rings (SSSR count). The van der Waals surface area contributed by atoms with Crippen LogP contribution in [0.15, 0.2) is 0 Å². The number of carbonyl (C=O) groups is 2. The molecule has 0 spiro atoms. The van der Waals surface area contributed by atoms with Gasteiger partial charge in [0, 0.05) is 6.54 Å². The van der Waals surface area contributed by atoms with Crippen LogP contribution in [0, 0.1) is 0 Å². The van der Waals surface area contributed by atoms with Crippen molar-refractivity contribution in [1.82, 2.24) is 10.4 Å². The number of nitrogens with one attached hydrogen (secondary N) is 1. The molecule has 5 nitrogen and oxygen atoms in total. The van der Waals surface area contributed by atoms with E-state index in [0.29, 0.717) is 19.4 Å². The van der Waals surface area contributed by atoms with Gasteiger partial charge in [-0.15, -0.1) is 10.0 Å². The van der Waals surface area contributed by atoms with Gasteiger partial charge in [0.1, 0.15) is 12.1 Å². The lowest BCUT2D eigenvalue weighted by molar-refractivity contribution is -0.149. The Morgan fingerprint density at radius 3 is 2.79 bits per heavy atom. The van der Waals surface area contributed by atoms with Crippen LogP contribution >= 0.6 is 0 Å². The summed E-state index contributed by atoms with van der Waals surface area (Å²) in [7, 11) is 0. The Kier molecular flexibility index (Phi) is 3.40. The van der Waals surface area contributed by atoms with Crippen molar-refractivity contribution in [2.75, 3.05) is 6.54 Å². The van der Waals surface area contributed by atoms with Crippen LogP contribution in [0.2, 0.25) is 0 Å². The van der Waals surface area contributed by atoms with E-state index >= 15 is 0 Å². The zero-order valence-electron chi connectivity index (χ0n) is 7.86. The molecule has 2 atom stereocenters. The Bertz CT molecular complexity index is 247. The molecule has 0 aromatic heterocycles. The fourth-order valence-electron chi connectivity index (χ4n) is 1.58. The van der Waals surface area contributed by atoms with Gasteiger partial charge in [0.25, 0.3) is 0 Å². The molecule has 6 heteroatoms. The first-order valence-electron chi connectivity index (χ1n) is 4.47. The summed E-state index contributed by atoms with van der Waals surface area (Å²) in [5, 5.41) is 8.78. The number of hydrogen-bond acceptors (Lipinski definition) is 3. The predicted molar refractivity (Wildman–Crippen MR) is 46.1 cm³/mol. The number of carboxylic acid groups (broad SMARTS) is 1. The second kappa shape index (κ2) is 4.36. The number of rotatable bonds is 3. The second-order valence-electron chi connectivity index (χ2n) is 3.36. The molecule has 0 radical (unpaired) electrons. The van der Waals surface area contributed by atoms with Gasteiger partial charge in [-0.2, -0.15) is 0 Å². The van der Waals surface area contributed by atoms with Crippen molar-refractivity contribution < 1.29 is 19.2 Å². The Morgan fingerprint density at radius 1 is 1.64 bits per heavy atom. The molecule has 14 heavy (non-hydrogen) atoms. The van der Waals surface area contributed by atoms with Crippen LogP contribution in [0.1, 0.15) is 19.8 Å². The molecule has 0 aliphatic carbocycles. The molecule has 0 bridgehead atoms. The van der Waals surface area contributed by atoms with Crippen LogP contribution in [0.5, 0.6) is 0 Å². The number of aliphatic carboxylic acids is 1. The van der Waals surface area contributed by atoms with Gasteiger partial charge < -0.3 is 10.0 Å². The van der Waals surface area contributed by atoms with Gasteiger partial charge in [0.15, 0.2) is 0 Å². The van der Waals surface area contributed by atoms with Crippen LogP contribution < -0.4 is 5.54 Å². The van der Waals surface area contributed by atoms with E-state index in [2.05, 4.69) is 0 Å². The van der Waals surface area contributed by atoms with Gasteiger partial charge in [-0.3, -0.25) is 4.79 Å². The van der Waals surface area contributed by atoms with E-state index in [1.165, 1.54) is 17.4 Å². The van der Waals surface area contributed by atoms with Crippen molar-refractivity contribution in [3.63, 3.8) is 0 Å². The van der Waals surface area contributed by atoms with E-state index in [-0.39, 0.29) is 0 Å². The average Bonchev–Trinajstić information content (AvgIpc) is 2.63. The van der Waals surface area contributed by atoms with E-state index < -0.39 is 24.0 Å². The summed E-state index contributed by atoms with van der Waals surface area (Å²) >= 11 is 0. The molecule has 1 fully saturated rings. The minimum atomic E-state index is -1.03.